The van der Waals surface area contributed by atoms with Crippen LogP contribution in [0.1, 0.15) is 47.0 Å². The second-order valence-electron chi connectivity index (χ2n) is 3.47. The molecule has 0 aliphatic heterocycles. The van der Waals surface area contributed by atoms with Crippen LogP contribution in [0.3, 0.4) is 0 Å². The van der Waals surface area contributed by atoms with E-state index < -0.39 is 0 Å². The molecule has 66 valence electrons. The standard InChI is InChI=1S/C10H20O/c1-5-8(3)7-9(4)10(11)6-2/h8-9H,5-7H2,1-4H3. The van der Waals surface area contributed by atoms with Gasteiger partial charge in [-0.25, -0.2) is 0 Å². The molecule has 1 heteroatoms. The molecular weight excluding hydrogens is 136 g/mol. The minimum Gasteiger partial charge on any atom is -0.299 e. The maximum atomic E-state index is 11.2. The Hall–Kier alpha value is -0.330. The van der Waals surface area contributed by atoms with Gasteiger partial charge in [0.15, 0.2) is 0 Å². The van der Waals surface area contributed by atoms with Crippen molar-refractivity contribution in [2.45, 2.75) is 47.0 Å². The fraction of sp³-hybridized carbons (Fsp3) is 0.900. The van der Waals surface area contributed by atoms with Gasteiger partial charge in [-0.05, 0) is 12.3 Å². The largest absolute Gasteiger partial charge is 0.299 e. The van der Waals surface area contributed by atoms with Crippen molar-refractivity contribution in [2.24, 2.45) is 11.8 Å². The highest BCUT2D eigenvalue weighted by molar-refractivity contribution is 5.80. The number of carbonyl (C=O) groups is 1. The molecule has 0 saturated carbocycles. The first-order valence-electron chi connectivity index (χ1n) is 4.64. The third kappa shape index (κ3) is 4.18. The van der Waals surface area contributed by atoms with Crippen molar-refractivity contribution in [3.63, 3.8) is 0 Å². The molecule has 1 nitrogen and oxygen atoms in total. The van der Waals surface area contributed by atoms with Crippen LogP contribution >= 0.6 is 0 Å². The van der Waals surface area contributed by atoms with E-state index >= 15 is 0 Å². The zero-order valence-electron chi connectivity index (χ0n) is 8.18. The fourth-order valence-electron chi connectivity index (χ4n) is 1.25. The number of hydrogen-bond donors (Lipinski definition) is 0. The van der Waals surface area contributed by atoms with Crippen molar-refractivity contribution < 1.29 is 4.79 Å². The first-order chi connectivity index (χ1) is 5.11. The van der Waals surface area contributed by atoms with Gasteiger partial charge in [-0.15, -0.1) is 0 Å². The number of hydrogen-bond acceptors (Lipinski definition) is 1. The van der Waals surface area contributed by atoms with Crippen LogP contribution in [0.25, 0.3) is 0 Å². The third-order valence-corrected chi connectivity index (χ3v) is 2.35. The van der Waals surface area contributed by atoms with Gasteiger partial charge in [0.25, 0.3) is 0 Å². The van der Waals surface area contributed by atoms with Gasteiger partial charge in [-0.3, -0.25) is 4.79 Å². The number of rotatable bonds is 5. The summed E-state index contributed by atoms with van der Waals surface area (Å²) in [6.07, 6.45) is 2.93. The first-order valence-corrected chi connectivity index (χ1v) is 4.64. The summed E-state index contributed by atoms with van der Waals surface area (Å²) < 4.78 is 0. The average molecular weight is 156 g/mol. The molecule has 0 aliphatic rings. The zero-order chi connectivity index (χ0) is 8.85. The van der Waals surface area contributed by atoms with Gasteiger partial charge in [-0.1, -0.05) is 34.1 Å². The second-order valence-corrected chi connectivity index (χ2v) is 3.47. The van der Waals surface area contributed by atoms with Crippen LogP contribution in [-0.4, -0.2) is 5.78 Å². The monoisotopic (exact) mass is 156 g/mol. The molecule has 0 heterocycles. The van der Waals surface area contributed by atoms with Crippen molar-refractivity contribution in [3.8, 4) is 0 Å². The van der Waals surface area contributed by atoms with E-state index in [1.165, 1.54) is 6.42 Å². The van der Waals surface area contributed by atoms with Crippen molar-refractivity contribution in [2.75, 3.05) is 0 Å². The summed E-state index contributed by atoms with van der Waals surface area (Å²) >= 11 is 0. The zero-order valence-corrected chi connectivity index (χ0v) is 8.18. The molecule has 0 aromatic rings. The lowest BCUT2D eigenvalue weighted by Gasteiger charge is -2.13. The Labute approximate surface area is 70.2 Å². The molecule has 11 heavy (non-hydrogen) atoms. The molecular formula is C10H20O. The molecule has 0 aromatic heterocycles. The highest BCUT2D eigenvalue weighted by Crippen LogP contribution is 2.16. The van der Waals surface area contributed by atoms with Crippen LogP contribution in [0.4, 0.5) is 0 Å². The van der Waals surface area contributed by atoms with Gasteiger partial charge in [0.05, 0.1) is 0 Å². The van der Waals surface area contributed by atoms with E-state index in [0.29, 0.717) is 18.1 Å². The Morgan fingerprint density at radius 3 is 2.18 bits per heavy atom. The normalized spacial score (nSPS) is 16.0. The maximum absolute atomic E-state index is 11.2. The molecule has 2 unspecified atom stereocenters. The summed E-state index contributed by atoms with van der Waals surface area (Å²) in [6.45, 7) is 8.36. The van der Waals surface area contributed by atoms with Crippen LogP contribution in [0.5, 0.6) is 0 Å². The fourth-order valence-corrected chi connectivity index (χ4v) is 1.25. The highest BCUT2D eigenvalue weighted by Gasteiger charge is 2.12. The first kappa shape index (κ1) is 10.7. The molecule has 0 bridgehead atoms. The average Bonchev–Trinajstić information content (AvgIpc) is 2.02. The van der Waals surface area contributed by atoms with Gasteiger partial charge < -0.3 is 0 Å². The van der Waals surface area contributed by atoms with Gasteiger partial charge in [0.1, 0.15) is 5.78 Å². The SMILES string of the molecule is CCC(=O)C(C)CC(C)CC. The van der Waals surface area contributed by atoms with E-state index in [1.54, 1.807) is 0 Å². The predicted molar refractivity (Wildman–Crippen MR) is 48.5 cm³/mol. The molecule has 0 N–H and O–H groups in total. The minimum atomic E-state index is 0.273. The highest BCUT2D eigenvalue weighted by atomic mass is 16.1. The van der Waals surface area contributed by atoms with Crippen LogP contribution in [0, 0.1) is 11.8 Å². The van der Waals surface area contributed by atoms with Crippen LogP contribution < -0.4 is 0 Å². The molecule has 0 fully saturated rings. The van der Waals surface area contributed by atoms with E-state index in [4.69, 9.17) is 0 Å². The summed E-state index contributed by atoms with van der Waals surface area (Å²) in [7, 11) is 0. The Kier molecular flexibility index (Phi) is 5.18. The Bertz CT molecular complexity index is 118. The van der Waals surface area contributed by atoms with E-state index in [-0.39, 0.29) is 5.92 Å². The lowest BCUT2D eigenvalue weighted by atomic mass is 9.91. The molecule has 0 amide bonds. The van der Waals surface area contributed by atoms with Crippen molar-refractivity contribution in [1.82, 2.24) is 0 Å². The van der Waals surface area contributed by atoms with Crippen molar-refractivity contribution >= 4 is 5.78 Å². The molecule has 0 rings (SSSR count). The van der Waals surface area contributed by atoms with Gasteiger partial charge in [0.2, 0.25) is 0 Å². The van der Waals surface area contributed by atoms with Gasteiger partial charge in [-0.2, -0.15) is 0 Å². The number of ketones is 1. The topological polar surface area (TPSA) is 17.1 Å². The molecule has 0 spiro atoms. The number of Topliss-reactive ketones (excluding diaryl/α,β-unsaturated/α-hetero) is 1. The summed E-state index contributed by atoms with van der Waals surface area (Å²) in [5, 5.41) is 0. The van der Waals surface area contributed by atoms with E-state index in [2.05, 4.69) is 13.8 Å². The Morgan fingerprint density at radius 2 is 1.82 bits per heavy atom. The van der Waals surface area contributed by atoms with Gasteiger partial charge in [0, 0.05) is 12.3 Å². The second kappa shape index (κ2) is 5.34. The quantitative estimate of drug-likeness (QED) is 0.598. The predicted octanol–water partition coefficient (Wildman–Crippen LogP) is 3.04. The van der Waals surface area contributed by atoms with E-state index in [1.807, 2.05) is 13.8 Å². The minimum absolute atomic E-state index is 0.273. The molecule has 0 aromatic carbocycles. The van der Waals surface area contributed by atoms with Gasteiger partial charge >= 0.3 is 0 Å². The smallest absolute Gasteiger partial charge is 0.135 e. The lowest BCUT2D eigenvalue weighted by Crippen LogP contribution is -2.12. The Balaban J connectivity index is 3.67. The summed E-state index contributed by atoms with van der Waals surface area (Å²) in [4.78, 5) is 11.2. The summed E-state index contributed by atoms with van der Waals surface area (Å²) in [6, 6.07) is 0. The summed E-state index contributed by atoms with van der Waals surface area (Å²) in [5.74, 6) is 1.38. The Morgan fingerprint density at radius 1 is 1.27 bits per heavy atom. The summed E-state index contributed by atoms with van der Waals surface area (Å²) in [5.41, 5.74) is 0. The van der Waals surface area contributed by atoms with E-state index in [9.17, 15) is 4.79 Å². The molecule has 2 atom stereocenters. The lowest BCUT2D eigenvalue weighted by molar-refractivity contribution is -0.122. The molecule has 0 aliphatic carbocycles. The van der Waals surface area contributed by atoms with Crippen LogP contribution in [0.15, 0.2) is 0 Å². The van der Waals surface area contributed by atoms with Crippen LogP contribution in [0.2, 0.25) is 0 Å². The van der Waals surface area contributed by atoms with Crippen molar-refractivity contribution in [3.05, 3.63) is 0 Å². The third-order valence-electron chi connectivity index (χ3n) is 2.35. The van der Waals surface area contributed by atoms with Crippen LogP contribution in [-0.2, 0) is 4.79 Å². The van der Waals surface area contributed by atoms with E-state index in [0.717, 1.165) is 6.42 Å². The molecule has 0 saturated heterocycles. The molecule has 0 radical (unpaired) electrons. The van der Waals surface area contributed by atoms with Crippen molar-refractivity contribution in [1.29, 1.82) is 0 Å². The number of carbonyl (C=O) groups excluding carboxylic acids is 1. The maximum Gasteiger partial charge on any atom is 0.135 e.